The molecule has 0 aliphatic heterocycles. The lowest BCUT2D eigenvalue weighted by atomic mass is 9.45. The summed E-state index contributed by atoms with van der Waals surface area (Å²) in [4.78, 5) is 10.8. The average molecular weight is 196 g/mol. The fraction of sp³-hybridized carbons (Fsp3) is 0.909. The summed E-state index contributed by atoms with van der Waals surface area (Å²) in [5.41, 5.74) is 5.64. The molecule has 3 heteroatoms. The number of carbonyl (C=O) groups excluding carboxylic acids is 1. The van der Waals surface area contributed by atoms with E-state index in [9.17, 15) is 4.79 Å². The lowest BCUT2D eigenvalue weighted by Gasteiger charge is -2.62. The zero-order valence-corrected chi connectivity index (χ0v) is 9.21. The first kappa shape index (κ1) is 9.81. The van der Waals surface area contributed by atoms with Crippen molar-refractivity contribution in [1.82, 2.24) is 5.32 Å². The van der Waals surface area contributed by atoms with Crippen molar-refractivity contribution < 1.29 is 4.79 Å². The second kappa shape index (κ2) is 2.88. The number of amides is 2. The van der Waals surface area contributed by atoms with Crippen LogP contribution in [0.1, 0.15) is 33.6 Å². The van der Waals surface area contributed by atoms with E-state index in [0.717, 1.165) is 18.3 Å². The third kappa shape index (κ3) is 1.22. The molecule has 0 spiro atoms. The molecular formula is C11H20N2O. The summed E-state index contributed by atoms with van der Waals surface area (Å²) in [5.74, 6) is 2.11. The van der Waals surface area contributed by atoms with Gasteiger partial charge >= 0.3 is 6.03 Å². The molecule has 3 saturated carbocycles. The number of carbonyl (C=O) groups is 1. The Balaban J connectivity index is 2.04. The first-order chi connectivity index (χ1) is 6.43. The number of rotatable bonds is 1. The van der Waals surface area contributed by atoms with E-state index in [0.29, 0.717) is 17.4 Å². The van der Waals surface area contributed by atoms with E-state index in [1.165, 1.54) is 6.42 Å². The van der Waals surface area contributed by atoms with E-state index < -0.39 is 0 Å². The fourth-order valence-corrected chi connectivity index (χ4v) is 3.52. The van der Waals surface area contributed by atoms with E-state index >= 15 is 0 Å². The van der Waals surface area contributed by atoms with Crippen molar-refractivity contribution in [2.24, 2.45) is 28.9 Å². The Morgan fingerprint density at radius 3 is 2.50 bits per heavy atom. The van der Waals surface area contributed by atoms with E-state index in [2.05, 4.69) is 26.1 Å². The second-order valence-corrected chi connectivity index (χ2v) is 5.57. The van der Waals surface area contributed by atoms with Crippen molar-refractivity contribution in [3.05, 3.63) is 0 Å². The summed E-state index contributed by atoms with van der Waals surface area (Å²) in [6.45, 7) is 6.94. The van der Waals surface area contributed by atoms with Gasteiger partial charge in [0.15, 0.2) is 0 Å². The standard InChI is InChI=1S/C11H20N2O/c1-6-8-4-7(11(8,2)3)5-9(6)13-10(12)14/h6-9H,4-5H2,1-3H3,(H3,12,13,14)/t6-,7-,8+,9-/m0/s1. The van der Waals surface area contributed by atoms with Crippen molar-refractivity contribution in [1.29, 1.82) is 0 Å². The van der Waals surface area contributed by atoms with Crippen molar-refractivity contribution in [2.75, 3.05) is 0 Å². The van der Waals surface area contributed by atoms with Gasteiger partial charge in [0.2, 0.25) is 0 Å². The molecule has 0 heterocycles. The maximum atomic E-state index is 10.8. The van der Waals surface area contributed by atoms with E-state index in [-0.39, 0.29) is 6.03 Å². The highest BCUT2D eigenvalue weighted by atomic mass is 16.2. The number of nitrogens with one attached hydrogen (secondary N) is 1. The highest BCUT2D eigenvalue weighted by Gasteiger charge is 2.56. The van der Waals surface area contributed by atoms with Crippen molar-refractivity contribution in [3.8, 4) is 0 Å². The molecule has 3 N–H and O–H groups in total. The summed E-state index contributed by atoms with van der Waals surface area (Å²) in [6.07, 6.45) is 2.44. The quantitative estimate of drug-likeness (QED) is 0.659. The lowest BCUT2D eigenvalue weighted by Crippen LogP contribution is -2.61. The maximum absolute atomic E-state index is 10.8. The Bertz CT molecular complexity index is 262. The van der Waals surface area contributed by atoms with Crippen LogP contribution in [0.15, 0.2) is 0 Å². The molecule has 80 valence electrons. The molecule has 0 radical (unpaired) electrons. The lowest BCUT2D eigenvalue weighted by molar-refractivity contribution is -0.112. The van der Waals surface area contributed by atoms with E-state index in [1.54, 1.807) is 0 Å². The van der Waals surface area contributed by atoms with Gasteiger partial charge in [-0.1, -0.05) is 20.8 Å². The predicted molar refractivity (Wildman–Crippen MR) is 55.7 cm³/mol. The number of hydrogen-bond acceptors (Lipinski definition) is 1. The Hall–Kier alpha value is -0.730. The van der Waals surface area contributed by atoms with Crippen LogP contribution in [-0.4, -0.2) is 12.1 Å². The van der Waals surface area contributed by atoms with Crippen LogP contribution in [0, 0.1) is 23.2 Å². The summed E-state index contributed by atoms with van der Waals surface area (Å²) < 4.78 is 0. The van der Waals surface area contributed by atoms with Crippen LogP contribution in [0.25, 0.3) is 0 Å². The first-order valence-electron chi connectivity index (χ1n) is 5.49. The molecule has 2 amide bonds. The zero-order chi connectivity index (χ0) is 10.5. The summed E-state index contributed by atoms with van der Waals surface area (Å²) in [5, 5.41) is 2.87. The number of nitrogens with two attached hydrogens (primary N) is 1. The van der Waals surface area contributed by atoms with Crippen LogP contribution in [0.2, 0.25) is 0 Å². The predicted octanol–water partition coefficient (Wildman–Crippen LogP) is 1.73. The van der Waals surface area contributed by atoms with Crippen LogP contribution < -0.4 is 11.1 Å². The molecule has 3 fully saturated rings. The zero-order valence-electron chi connectivity index (χ0n) is 9.21. The van der Waals surface area contributed by atoms with Crippen LogP contribution in [0.5, 0.6) is 0 Å². The molecule has 0 aromatic rings. The minimum Gasteiger partial charge on any atom is -0.352 e. The van der Waals surface area contributed by atoms with Crippen molar-refractivity contribution >= 4 is 6.03 Å². The minimum absolute atomic E-state index is 0.310. The molecule has 0 unspecified atom stereocenters. The smallest absolute Gasteiger partial charge is 0.312 e. The van der Waals surface area contributed by atoms with Gasteiger partial charge in [-0.2, -0.15) is 0 Å². The highest BCUT2D eigenvalue weighted by molar-refractivity contribution is 5.72. The molecule has 3 nitrogen and oxygen atoms in total. The van der Waals surface area contributed by atoms with Crippen LogP contribution in [-0.2, 0) is 0 Å². The van der Waals surface area contributed by atoms with Gasteiger partial charge in [-0.15, -0.1) is 0 Å². The van der Waals surface area contributed by atoms with E-state index in [4.69, 9.17) is 5.73 Å². The van der Waals surface area contributed by atoms with Crippen molar-refractivity contribution in [3.63, 3.8) is 0 Å². The topological polar surface area (TPSA) is 55.1 Å². The van der Waals surface area contributed by atoms with Gasteiger partial charge in [-0.3, -0.25) is 0 Å². The van der Waals surface area contributed by atoms with Gasteiger partial charge in [0.1, 0.15) is 0 Å². The summed E-state index contributed by atoms with van der Waals surface area (Å²) >= 11 is 0. The second-order valence-electron chi connectivity index (χ2n) is 5.57. The average Bonchev–Trinajstić information content (AvgIpc) is 2.06. The number of urea groups is 1. The van der Waals surface area contributed by atoms with Gasteiger partial charge in [-0.05, 0) is 36.0 Å². The third-order valence-electron chi connectivity index (χ3n) is 4.68. The first-order valence-corrected chi connectivity index (χ1v) is 5.49. The Morgan fingerprint density at radius 1 is 1.43 bits per heavy atom. The minimum atomic E-state index is -0.374. The Morgan fingerprint density at radius 2 is 2.07 bits per heavy atom. The van der Waals surface area contributed by atoms with Crippen LogP contribution in [0.4, 0.5) is 4.79 Å². The van der Waals surface area contributed by atoms with E-state index in [1.807, 2.05) is 0 Å². The molecule has 0 aromatic heterocycles. The summed E-state index contributed by atoms with van der Waals surface area (Å²) in [7, 11) is 0. The highest BCUT2D eigenvalue weighted by Crippen LogP contribution is 2.61. The van der Waals surface area contributed by atoms with Gasteiger partial charge in [0.25, 0.3) is 0 Å². The van der Waals surface area contributed by atoms with Gasteiger partial charge < -0.3 is 11.1 Å². The molecule has 2 bridgehead atoms. The molecule has 3 rings (SSSR count). The normalized spacial score (nSPS) is 43.9. The molecule has 3 aliphatic rings. The van der Waals surface area contributed by atoms with Gasteiger partial charge in [0, 0.05) is 6.04 Å². The molecule has 14 heavy (non-hydrogen) atoms. The third-order valence-corrected chi connectivity index (χ3v) is 4.68. The maximum Gasteiger partial charge on any atom is 0.312 e. The Labute approximate surface area is 85.4 Å². The Kier molecular flexibility index (Phi) is 2.02. The molecule has 3 aliphatic carbocycles. The monoisotopic (exact) mass is 196 g/mol. The van der Waals surface area contributed by atoms with Crippen molar-refractivity contribution in [2.45, 2.75) is 39.7 Å². The molecule has 0 saturated heterocycles. The molecule has 4 atom stereocenters. The summed E-state index contributed by atoms with van der Waals surface area (Å²) in [6, 6.07) is -0.0646. The largest absolute Gasteiger partial charge is 0.352 e. The van der Waals surface area contributed by atoms with Crippen LogP contribution >= 0.6 is 0 Å². The molecule has 0 aromatic carbocycles. The number of primary amides is 1. The fourth-order valence-electron chi connectivity index (χ4n) is 3.52. The van der Waals surface area contributed by atoms with Gasteiger partial charge in [-0.25, -0.2) is 4.79 Å². The molecular weight excluding hydrogens is 176 g/mol. The van der Waals surface area contributed by atoms with Crippen LogP contribution in [0.3, 0.4) is 0 Å². The number of fused-ring (bicyclic) bond motifs is 2. The number of hydrogen-bond donors (Lipinski definition) is 2. The van der Waals surface area contributed by atoms with Gasteiger partial charge in [0.05, 0.1) is 0 Å². The SMILES string of the molecule is C[C@@H]1[C@@H](NC(N)=O)C[C@@H]2C[C@H]1C2(C)C.